The molecule has 2 rings (SSSR count). The molecule has 122 valence electrons. The summed E-state index contributed by atoms with van der Waals surface area (Å²) in [5.74, 6) is 0.181. The Bertz CT molecular complexity index is 705. The molecule has 2 aromatic rings. The van der Waals surface area contributed by atoms with E-state index in [1.54, 1.807) is 24.3 Å². The fraction of sp³-hybridized carbons (Fsp3) is 0.333. The number of ketones is 1. The van der Waals surface area contributed by atoms with Crippen LogP contribution in [0.4, 0.5) is 10.8 Å². The molecule has 0 spiro atoms. The highest BCUT2D eigenvalue weighted by atomic mass is 32.2. The molecule has 0 aliphatic rings. The third-order valence-electron chi connectivity index (χ3n) is 2.89. The summed E-state index contributed by atoms with van der Waals surface area (Å²) in [6.07, 6.45) is 0. The van der Waals surface area contributed by atoms with E-state index < -0.39 is 5.41 Å². The zero-order valence-corrected chi connectivity index (χ0v) is 14.8. The number of aromatic nitrogens is 2. The maximum Gasteiger partial charge on any atom is 0.229 e. The molecule has 0 atom stereocenters. The average molecular weight is 350 g/mol. The lowest BCUT2D eigenvalue weighted by Gasteiger charge is -2.17. The quantitative estimate of drug-likeness (QED) is 0.635. The van der Waals surface area contributed by atoms with Gasteiger partial charge in [0, 0.05) is 16.7 Å². The topological polar surface area (TPSA) is 98.0 Å². The molecule has 0 saturated heterocycles. The lowest BCUT2D eigenvalue weighted by Crippen LogP contribution is -2.27. The minimum Gasteiger partial charge on any atom is -0.374 e. The number of nitrogens with one attached hydrogen (secondary N) is 1. The van der Waals surface area contributed by atoms with Crippen LogP contribution < -0.4 is 11.1 Å². The van der Waals surface area contributed by atoms with E-state index in [1.807, 2.05) is 20.8 Å². The van der Waals surface area contributed by atoms with Gasteiger partial charge in [0.15, 0.2) is 10.1 Å². The largest absolute Gasteiger partial charge is 0.374 e. The first kappa shape index (κ1) is 17.4. The van der Waals surface area contributed by atoms with Gasteiger partial charge in [-0.25, -0.2) is 0 Å². The Kier molecular flexibility index (Phi) is 5.38. The summed E-state index contributed by atoms with van der Waals surface area (Å²) < 4.78 is 0.671. The fourth-order valence-electron chi connectivity index (χ4n) is 1.55. The van der Waals surface area contributed by atoms with Crippen molar-refractivity contribution in [1.82, 2.24) is 10.2 Å². The molecule has 8 heteroatoms. The van der Waals surface area contributed by atoms with Crippen LogP contribution in [0.2, 0.25) is 0 Å². The minimum atomic E-state index is -0.464. The lowest BCUT2D eigenvalue weighted by atomic mass is 9.95. The van der Waals surface area contributed by atoms with Crippen LogP contribution in [0.5, 0.6) is 0 Å². The van der Waals surface area contributed by atoms with Crippen molar-refractivity contribution in [3.63, 3.8) is 0 Å². The van der Waals surface area contributed by atoms with E-state index in [0.717, 1.165) is 0 Å². The Morgan fingerprint density at radius 3 is 2.39 bits per heavy atom. The number of anilines is 2. The second kappa shape index (κ2) is 7.10. The highest BCUT2D eigenvalue weighted by molar-refractivity contribution is 8.01. The average Bonchev–Trinajstić information content (AvgIpc) is 2.90. The molecule has 1 aromatic heterocycles. The van der Waals surface area contributed by atoms with E-state index >= 15 is 0 Å². The Morgan fingerprint density at radius 2 is 1.87 bits per heavy atom. The van der Waals surface area contributed by atoms with E-state index in [1.165, 1.54) is 23.1 Å². The van der Waals surface area contributed by atoms with Crippen LogP contribution >= 0.6 is 23.1 Å². The zero-order chi connectivity index (χ0) is 17.0. The molecule has 0 saturated carbocycles. The molecule has 23 heavy (non-hydrogen) atoms. The van der Waals surface area contributed by atoms with Crippen LogP contribution in [-0.4, -0.2) is 27.6 Å². The maximum atomic E-state index is 12.1. The van der Waals surface area contributed by atoms with Gasteiger partial charge in [0.25, 0.3) is 0 Å². The predicted octanol–water partition coefficient (Wildman–Crippen LogP) is 3.08. The summed E-state index contributed by atoms with van der Waals surface area (Å²) in [4.78, 5) is 24.0. The molecule has 0 unspecified atom stereocenters. The number of hydrogen-bond donors (Lipinski definition) is 2. The van der Waals surface area contributed by atoms with Crippen LogP contribution in [0.1, 0.15) is 31.1 Å². The number of rotatable bonds is 5. The number of nitrogens with two attached hydrogens (primary N) is 1. The van der Waals surface area contributed by atoms with Gasteiger partial charge in [0.1, 0.15) is 0 Å². The molecule has 0 radical (unpaired) electrons. The second-order valence-electron chi connectivity index (χ2n) is 5.90. The summed E-state index contributed by atoms with van der Waals surface area (Å²) in [7, 11) is 0. The van der Waals surface area contributed by atoms with Gasteiger partial charge in [0.2, 0.25) is 11.0 Å². The van der Waals surface area contributed by atoms with Crippen molar-refractivity contribution in [2.45, 2.75) is 25.1 Å². The molecule has 0 aliphatic carbocycles. The van der Waals surface area contributed by atoms with Crippen molar-refractivity contribution >= 4 is 45.6 Å². The summed E-state index contributed by atoms with van der Waals surface area (Å²) in [5, 5.41) is 10.8. The molecule has 0 bridgehead atoms. The zero-order valence-electron chi connectivity index (χ0n) is 13.1. The number of carbonyl (C=O) groups is 2. The normalized spacial score (nSPS) is 11.3. The van der Waals surface area contributed by atoms with Gasteiger partial charge < -0.3 is 11.1 Å². The molecule has 0 fully saturated rings. The highest BCUT2D eigenvalue weighted by Crippen LogP contribution is 2.24. The van der Waals surface area contributed by atoms with Gasteiger partial charge in [-0.1, -0.05) is 43.9 Å². The van der Waals surface area contributed by atoms with E-state index in [4.69, 9.17) is 5.73 Å². The summed E-state index contributed by atoms with van der Waals surface area (Å²) in [6, 6.07) is 6.86. The number of nitrogens with zero attached hydrogens (tertiary/aromatic N) is 2. The van der Waals surface area contributed by atoms with Gasteiger partial charge in [-0.05, 0) is 24.3 Å². The monoisotopic (exact) mass is 350 g/mol. The first-order valence-corrected chi connectivity index (χ1v) is 8.72. The number of benzene rings is 1. The van der Waals surface area contributed by atoms with Crippen LogP contribution in [0, 0.1) is 5.41 Å². The van der Waals surface area contributed by atoms with Crippen LogP contribution in [-0.2, 0) is 4.79 Å². The van der Waals surface area contributed by atoms with Crippen LogP contribution in [0.3, 0.4) is 0 Å². The van der Waals surface area contributed by atoms with Crippen molar-refractivity contribution < 1.29 is 9.59 Å². The molecule has 1 amide bonds. The number of amides is 1. The molecule has 0 aliphatic heterocycles. The van der Waals surface area contributed by atoms with Crippen LogP contribution in [0.15, 0.2) is 28.6 Å². The number of Topliss-reactive ketones (excluding diaryl/α,β-unsaturated/α-hetero) is 1. The van der Waals surface area contributed by atoms with Gasteiger partial charge in [0.05, 0.1) is 5.75 Å². The van der Waals surface area contributed by atoms with Crippen molar-refractivity contribution in [1.29, 1.82) is 0 Å². The second-order valence-corrected chi connectivity index (χ2v) is 8.13. The van der Waals surface area contributed by atoms with Crippen molar-refractivity contribution in [3.8, 4) is 0 Å². The summed E-state index contributed by atoms with van der Waals surface area (Å²) >= 11 is 2.56. The molecule has 6 nitrogen and oxygen atoms in total. The first-order chi connectivity index (χ1) is 10.8. The van der Waals surface area contributed by atoms with E-state index in [9.17, 15) is 9.59 Å². The summed E-state index contributed by atoms with van der Waals surface area (Å²) in [5.41, 5.74) is 6.29. The first-order valence-electron chi connectivity index (χ1n) is 6.92. The van der Waals surface area contributed by atoms with E-state index in [0.29, 0.717) is 20.7 Å². The van der Waals surface area contributed by atoms with Gasteiger partial charge in [-0.15, -0.1) is 10.2 Å². The van der Waals surface area contributed by atoms with Gasteiger partial charge >= 0.3 is 0 Å². The standard InChI is InChI=1S/C15H18N4O2S2/c1-15(2,3)12(21)17-10-6-4-9(5-7-10)11(20)8-22-14-19-18-13(16)23-14/h4-7H,8H2,1-3H3,(H2,16,18)(H,17,21). The third kappa shape index (κ3) is 5.04. The van der Waals surface area contributed by atoms with Crippen molar-refractivity contribution in [2.75, 3.05) is 16.8 Å². The Hall–Kier alpha value is -1.93. The number of carbonyl (C=O) groups excluding carboxylic acids is 2. The van der Waals surface area contributed by atoms with E-state index in [-0.39, 0.29) is 17.4 Å². The minimum absolute atomic E-state index is 0.0162. The Morgan fingerprint density at radius 1 is 1.22 bits per heavy atom. The highest BCUT2D eigenvalue weighted by Gasteiger charge is 2.21. The van der Waals surface area contributed by atoms with Crippen molar-refractivity contribution in [3.05, 3.63) is 29.8 Å². The Labute approximate surface area is 142 Å². The molecule has 1 heterocycles. The lowest BCUT2D eigenvalue weighted by molar-refractivity contribution is -0.123. The van der Waals surface area contributed by atoms with Gasteiger partial charge in [-0.3, -0.25) is 9.59 Å². The third-order valence-corrected chi connectivity index (χ3v) is 4.78. The summed E-state index contributed by atoms with van der Waals surface area (Å²) in [6.45, 7) is 5.53. The molecule has 1 aromatic carbocycles. The van der Waals surface area contributed by atoms with Crippen molar-refractivity contribution in [2.24, 2.45) is 5.41 Å². The number of thioether (sulfide) groups is 1. The Balaban J connectivity index is 1.93. The van der Waals surface area contributed by atoms with Gasteiger partial charge in [-0.2, -0.15) is 0 Å². The molecular weight excluding hydrogens is 332 g/mol. The smallest absolute Gasteiger partial charge is 0.229 e. The predicted molar refractivity (Wildman–Crippen MR) is 93.9 cm³/mol. The number of hydrogen-bond acceptors (Lipinski definition) is 7. The molecular formula is C15H18N4O2S2. The molecule has 3 N–H and O–H groups in total. The maximum absolute atomic E-state index is 12.1. The van der Waals surface area contributed by atoms with E-state index in [2.05, 4.69) is 15.5 Å². The SMILES string of the molecule is CC(C)(C)C(=O)Nc1ccc(C(=O)CSc2nnc(N)s2)cc1. The van der Waals surface area contributed by atoms with Crippen LogP contribution in [0.25, 0.3) is 0 Å². The fourth-order valence-corrected chi connectivity index (χ4v) is 3.08. The number of nitrogen functional groups attached to an aromatic ring is 1.